The minimum Gasteiger partial charge on any atom is -0.511 e. The van der Waals surface area contributed by atoms with Gasteiger partial charge in [-0.15, -0.1) is 5.10 Å². The number of fused-ring (bicyclic) bond motifs is 5. The van der Waals surface area contributed by atoms with E-state index in [9.17, 15) is 0 Å². The van der Waals surface area contributed by atoms with Crippen LogP contribution in [-0.4, -0.2) is 89.5 Å². The predicted octanol–water partition coefficient (Wildman–Crippen LogP) is 8.08. The van der Waals surface area contributed by atoms with Crippen molar-refractivity contribution < 1.29 is 0 Å². The van der Waals surface area contributed by atoms with Crippen LogP contribution in [0.5, 0.6) is 0 Å². The van der Waals surface area contributed by atoms with Gasteiger partial charge >= 0.3 is 0 Å². The van der Waals surface area contributed by atoms with Crippen molar-refractivity contribution in [1.29, 1.82) is 0 Å². The Kier molecular flexibility index (Phi) is 11.8. The lowest BCUT2D eigenvalue weighted by Crippen LogP contribution is -2.72. The Bertz CT molecular complexity index is 906. The zero-order valence-electron chi connectivity index (χ0n) is 29.9. The summed E-state index contributed by atoms with van der Waals surface area (Å²) in [7, 11) is 3.39. The molecule has 2 bridgehead atoms. The van der Waals surface area contributed by atoms with E-state index in [-0.39, 0.29) is 0 Å². The molecule has 1 saturated carbocycles. The van der Waals surface area contributed by atoms with Crippen LogP contribution in [-0.2, 0) is 12.2 Å². The molecule has 3 unspecified atom stereocenters. The molecule has 0 radical (unpaired) electrons. The molecule has 1 heterocycles. The smallest absolute Gasteiger partial charge is 0.196 e. The van der Waals surface area contributed by atoms with E-state index in [0.29, 0.717) is 72.1 Å². The van der Waals surface area contributed by atoms with Gasteiger partial charge in [0.05, 0.1) is 18.7 Å². The van der Waals surface area contributed by atoms with E-state index in [4.69, 9.17) is 17.4 Å². The van der Waals surface area contributed by atoms with E-state index in [2.05, 4.69) is 156 Å². The van der Waals surface area contributed by atoms with Gasteiger partial charge in [-0.3, -0.25) is 14.8 Å². The van der Waals surface area contributed by atoms with Crippen molar-refractivity contribution in [1.82, 2.24) is 24.1 Å². The lowest BCUT2D eigenvalue weighted by molar-refractivity contribution is -0.166. The highest BCUT2D eigenvalue weighted by atomic mass is 32.7. The summed E-state index contributed by atoms with van der Waals surface area (Å²) >= 11 is 7.21. The highest BCUT2D eigenvalue weighted by Gasteiger charge is 2.66. The van der Waals surface area contributed by atoms with Crippen LogP contribution in [0.1, 0.15) is 117 Å². The largest absolute Gasteiger partial charge is 0.511 e. The molecular formula is C33H66N6P2S. The highest BCUT2D eigenvalue weighted by molar-refractivity contribution is 8.46. The molecule has 0 amide bonds. The summed E-state index contributed by atoms with van der Waals surface area (Å²) in [5.41, 5.74) is 0.810. The number of allylic oxidation sites excluding steroid dienone is 1. The molecule has 0 N–H and O–H groups in total. The minimum absolute atomic E-state index is 0.303. The summed E-state index contributed by atoms with van der Waals surface area (Å²) in [5, 5.41) is 8.54. The quantitative estimate of drug-likeness (QED) is 0.0826. The molecule has 1 fully saturated rings. The number of hydrogen-bond donors (Lipinski definition) is 0. The van der Waals surface area contributed by atoms with Crippen molar-refractivity contribution in [2.45, 2.75) is 177 Å². The second-order valence-corrected chi connectivity index (χ2v) is 20.1. The SMILES string of the molecule is CC(C)N(C(C)C)C(P)(N(C(C)C)C(C)C)N1N=C([P+]([S-])(N(C(C)C)C(C)C)N(C(C)C)C(C)C)[C@@H]2C3C=CC(C3)[C@@H]21. The van der Waals surface area contributed by atoms with Crippen molar-refractivity contribution in [3.8, 4) is 0 Å². The van der Waals surface area contributed by atoms with Gasteiger partial charge in [-0.25, -0.2) is 0 Å². The number of nitrogens with zero attached hydrogens (tertiary/aromatic N) is 6. The van der Waals surface area contributed by atoms with Crippen molar-refractivity contribution in [3.63, 3.8) is 0 Å². The lowest BCUT2D eigenvalue weighted by Gasteiger charge is -2.59. The summed E-state index contributed by atoms with van der Waals surface area (Å²) in [6.07, 6.45) is 6.21. The number of rotatable bonds is 14. The second kappa shape index (κ2) is 13.5. The molecule has 244 valence electrons. The Morgan fingerprint density at radius 1 is 0.690 bits per heavy atom. The van der Waals surface area contributed by atoms with Crippen LogP contribution in [0.25, 0.3) is 0 Å². The molecule has 5 atom stereocenters. The van der Waals surface area contributed by atoms with Gasteiger partial charge in [-0.2, -0.15) is 9.34 Å². The Morgan fingerprint density at radius 2 is 1.05 bits per heavy atom. The van der Waals surface area contributed by atoms with Gasteiger partial charge in [0.25, 0.3) is 0 Å². The standard InChI is InChI=1S/C33H66N6P2S/c1-20(2)35(21(3)4)33(40,36(22(5)6)23(7)8)39-31-29-18-17-28(19-29)30(31)32(34-39)41(42,37(24(9)10)25(11)12)38(26(13)14)27(15)16/h17-18,20-31H,19,40H2,1-16H3/t28?,29?,30-,31+/m1/s1. The third-order valence-corrected chi connectivity index (χ3v) is 16.2. The first-order valence-corrected chi connectivity index (χ1v) is 20.1. The predicted molar refractivity (Wildman–Crippen MR) is 192 cm³/mol. The van der Waals surface area contributed by atoms with Crippen molar-refractivity contribution in [2.24, 2.45) is 22.9 Å². The first-order valence-electron chi connectivity index (χ1n) is 16.9. The Hall–Kier alpha value is 0.260. The van der Waals surface area contributed by atoms with Gasteiger partial charge in [-0.1, -0.05) is 21.4 Å². The van der Waals surface area contributed by atoms with Gasteiger partial charge in [0.15, 0.2) is 11.0 Å². The topological polar surface area (TPSA) is 28.6 Å². The van der Waals surface area contributed by atoms with Crippen LogP contribution in [0.4, 0.5) is 0 Å². The molecule has 1 aliphatic heterocycles. The average Bonchev–Trinajstić information content (AvgIpc) is 3.50. The van der Waals surface area contributed by atoms with E-state index in [0.717, 1.165) is 0 Å². The normalized spacial score (nSPS) is 25.0. The Labute approximate surface area is 269 Å². The van der Waals surface area contributed by atoms with Gasteiger partial charge in [0, 0.05) is 54.3 Å². The summed E-state index contributed by atoms with van der Waals surface area (Å²) in [4.78, 5) is 5.37. The molecule has 2 aliphatic carbocycles. The second-order valence-electron chi connectivity index (χ2n) is 15.3. The van der Waals surface area contributed by atoms with Crippen LogP contribution in [0, 0.1) is 17.8 Å². The van der Waals surface area contributed by atoms with Crippen molar-refractivity contribution >= 4 is 33.7 Å². The molecule has 0 aromatic rings. The maximum atomic E-state index is 7.21. The molecule has 0 saturated heterocycles. The molecule has 0 aromatic carbocycles. The van der Waals surface area contributed by atoms with Crippen LogP contribution < -0.4 is 0 Å². The zero-order chi connectivity index (χ0) is 32.2. The maximum absolute atomic E-state index is 7.21. The molecule has 3 aliphatic rings. The summed E-state index contributed by atoms with van der Waals surface area (Å²) in [5.74, 6) is 1.33. The average molecular weight is 641 g/mol. The highest BCUT2D eigenvalue weighted by Crippen LogP contribution is 2.73. The van der Waals surface area contributed by atoms with Gasteiger partial charge in [0.2, 0.25) is 0 Å². The number of hydrazone groups is 1. The van der Waals surface area contributed by atoms with Gasteiger partial charge < -0.3 is 12.2 Å². The summed E-state index contributed by atoms with van der Waals surface area (Å²) in [6, 6.07) is 2.95. The van der Waals surface area contributed by atoms with E-state index in [1.165, 1.54) is 11.9 Å². The van der Waals surface area contributed by atoms with Crippen LogP contribution in [0.15, 0.2) is 17.3 Å². The Balaban J connectivity index is 2.45. The molecule has 6 nitrogen and oxygen atoms in total. The molecule has 3 rings (SSSR count). The lowest BCUT2D eigenvalue weighted by atomic mass is 9.90. The Morgan fingerprint density at radius 3 is 1.38 bits per heavy atom. The van der Waals surface area contributed by atoms with Gasteiger partial charge in [0.1, 0.15) is 0 Å². The molecular weight excluding hydrogens is 574 g/mol. The fourth-order valence-electron chi connectivity index (χ4n) is 9.15. The third-order valence-electron chi connectivity index (χ3n) is 9.57. The van der Waals surface area contributed by atoms with E-state index in [1.807, 2.05) is 0 Å². The van der Waals surface area contributed by atoms with Crippen LogP contribution in [0.2, 0.25) is 0 Å². The fraction of sp³-hybridized carbons (Fsp3) is 0.909. The molecule has 0 spiro atoms. The summed E-state index contributed by atoms with van der Waals surface area (Å²) in [6.45, 7) is 35.0. The van der Waals surface area contributed by atoms with E-state index in [1.54, 1.807) is 0 Å². The van der Waals surface area contributed by atoms with Crippen molar-refractivity contribution in [3.05, 3.63) is 12.2 Å². The molecule has 42 heavy (non-hydrogen) atoms. The third kappa shape index (κ3) is 6.05. The van der Waals surface area contributed by atoms with Crippen LogP contribution >= 0.6 is 16.0 Å². The molecule has 9 heteroatoms. The minimum atomic E-state index is -2.45. The fourth-order valence-corrected chi connectivity index (χ4v) is 17.5. The monoisotopic (exact) mass is 640 g/mol. The van der Waals surface area contributed by atoms with Crippen molar-refractivity contribution in [2.75, 3.05) is 0 Å². The zero-order valence-corrected chi connectivity index (χ0v) is 32.8. The van der Waals surface area contributed by atoms with Gasteiger partial charge in [-0.05, 0) is 123 Å². The maximum Gasteiger partial charge on any atom is 0.196 e. The summed E-state index contributed by atoms with van der Waals surface area (Å²) < 4.78 is 5.38. The van der Waals surface area contributed by atoms with Crippen LogP contribution in [0.3, 0.4) is 0 Å². The first-order chi connectivity index (χ1) is 19.3. The van der Waals surface area contributed by atoms with E-state index < -0.39 is 12.3 Å². The van der Waals surface area contributed by atoms with E-state index >= 15 is 0 Å². The molecule has 0 aromatic heterocycles. The first kappa shape index (κ1) is 36.7. The number of hydrogen-bond acceptors (Lipinski definition) is 7.